The molecule has 1 aliphatic carbocycles. The van der Waals surface area contributed by atoms with Crippen molar-refractivity contribution in [3.05, 3.63) is 24.1 Å². The SMILES string of the molecule is Cc1nc2cc(N(C)C3CCC(C#N)CC3)ccc2o1. The molecule has 104 valence electrons. The van der Waals surface area contributed by atoms with Crippen molar-refractivity contribution in [2.24, 2.45) is 5.92 Å². The van der Waals surface area contributed by atoms with Crippen molar-refractivity contribution in [1.82, 2.24) is 4.98 Å². The molecule has 0 spiro atoms. The van der Waals surface area contributed by atoms with Crippen LogP contribution in [0.3, 0.4) is 0 Å². The van der Waals surface area contributed by atoms with E-state index in [9.17, 15) is 0 Å². The minimum Gasteiger partial charge on any atom is -0.441 e. The largest absolute Gasteiger partial charge is 0.441 e. The third-order valence-corrected chi connectivity index (χ3v) is 4.31. The molecule has 1 saturated carbocycles. The summed E-state index contributed by atoms with van der Waals surface area (Å²) in [4.78, 5) is 6.71. The third kappa shape index (κ3) is 2.36. The summed E-state index contributed by atoms with van der Waals surface area (Å²) in [5.41, 5.74) is 2.93. The fourth-order valence-corrected chi connectivity index (χ4v) is 3.05. The maximum atomic E-state index is 8.97. The van der Waals surface area contributed by atoms with Gasteiger partial charge in [-0.2, -0.15) is 5.26 Å². The van der Waals surface area contributed by atoms with Crippen LogP contribution in [0.25, 0.3) is 11.1 Å². The maximum Gasteiger partial charge on any atom is 0.192 e. The van der Waals surface area contributed by atoms with E-state index in [1.807, 2.05) is 13.0 Å². The number of aromatic nitrogens is 1. The second-order valence-corrected chi connectivity index (χ2v) is 5.63. The second kappa shape index (κ2) is 5.16. The molecular formula is C16H19N3O. The van der Waals surface area contributed by atoms with Crippen LogP contribution in [0.15, 0.2) is 22.6 Å². The maximum absolute atomic E-state index is 8.97. The minimum absolute atomic E-state index is 0.250. The monoisotopic (exact) mass is 269 g/mol. The quantitative estimate of drug-likeness (QED) is 0.835. The summed E-state index contributed by atoms with van der Waals surface area (Å²) in [5.74, 6) is 0.953. The molecular weight excluding hydrogens is 250 g/mol. The van der Waals surface area contributed by atoms with Crippen LogP contribution in [-0.2, 0) is 0 Å². The Bertz CT molecular complexity index is 647. The van der Waals surface area contributed by atoms with Crippen LogP contribution in [0.5, 0.6) is 0 Å². The molecule has 0 amide bonds. The van der Waals surface area contributed by atoms with Crippen LogP contribution in [0.4, 0.5) is 5.69 Å². The van der Waals surface area contributed by atoms with E-state index in [2.05, 4.69) is 35.1 Å². The van der Waals surface area contributed by atoms with Gasteiger partial charge in [0.05, 0.1) is 6.07 Å². The number of rotatable bonds is 2. The van der Waals surface area contributed by atoms with E-state index in [0.29, 0.717) is 11.9 Å². The average molecular weight is 269 g/mol. The van der Waals surface area contributed by atoms with Gasteiger partial charge in [-0.05, 0) is 43.9 Å². The molecule has 1 heterocycles. The number of aryl methyl sites for hydroxylation is 1. The lowest BCUT2D eigenvalue weighted by molar-refractivity contribution is 0.372. The first-order valence-corrected chi connectivity index (χ1v) is 7.17. The highest BCUT2D eigenvalue weighted by Crippen LogP contribution is 2.30. The highest BCUT2D eigenvalue weighted by molar-refractivity contribution is 5.77. The smallest absolute Gasteiger partial charge is 0.192 e. The Kier molecular flexibility index (Phi) is 3.35. The first kappa shape index (κ1) is 13.0. The van der Waals surface area contributed by atoms with Gasteiger partial charge in [0.15, 0.2) is 11.5 Å². The molecule has 3 rings (SSSR count). The van der Waals surface area contributed by atoms with E-state index < -0.39 is 0 Å². The molecule has 2 aromatic rings. The van der Waals surface area contributed by atoms with Gasteiger partial charge in [0.2, 0.25) is 0 Å². The Balaban J connectivity index is 1.78. The number of oxazole rings is 1. The topological polar surface area (TPSA) is 53.1 Å². The zero-order chi connectivity index (χ0) is 14.1. The van der Waals surface area contributed by atoms with Gasteiger partial charge in [-0.1, -0.05) is 0 Å². The lowest BCUT2D eigenvalue weighted by Crippen LogP contribution is -2.34. The lowest BCUT2D eigenvalue weighted by Gasteiger charge is -2.34. The standard InChI is InChI=1S/C16H19N3O/c1-11-18-15-9-14(7-8-16(15)20-11)19(2)13-5-3-12(10-17)4-6-13/h7-9,12-13H,3-6H2,1-2H3. The van der Waals surface area contributed by atoms with Crippen molar-refractivity contribution >= 4 is 16.8 Å². The summed E-state index contributed by atoms with van der Waals surface area (Å²) in [6.07, 6.45) is 4.20. The van der Waals surface area contributed by atoms with Crippen molar-refractivity contribution in [2.45, 2.75) is 38.6 Å². The van der Waals surface area contributed by atoms with Gasteiger partial charge in [0.25, 0.3) is 0 Å². The summed E-state index contributed by atoms with van der Waals surface area (Å²) in [6, 6.07) is 9.07. The molecule has 1 aromatic heterocycles. The Labute approximate surface area is 119 Å². The molecule has 0 unspecified atom stereocenters. The fraction of sp³-hybridized carbons (Fsp3) is 0.500. The van der Waals surface area contributed by atoms with E-state index in [0.717, 1.165) is 36.8 Å². The van der Waals surface area contributed by atoms with Crippen LogP contribution >= 0.6 is 0 Å². The van der Waals surface area contributed by atoms with Crippen LogP contribution in [0.2, 0.25) is 0 Å². The molecule has 4 heteroatoms. The molecule has 0 radical (unpaired) electrons. The number of anilines is 1. The highest BCUT2D eigenvalue weighted by atomic mass is 16.3. The molecule has 0 atom stereocenters. The normalized spacial score (nSPS) is 22.6. The van der Waals surface area contributed by atoms with E-state index in [1.54, 1.807) is 0 Å². The van der Waals surface area contributed by atoms with Gasteiger partial charge in [-0.25, -0.2) is 4.98 Å². The molecule has 20 heavy (non-hydrogen) atoms. The van der Waals surface area contributed by atoms with Gasteiger partial charge in [-0.3, -0.25) is 0 Å². The number of fused-ring (bicyclic) bond motifs is 1. The number of hydrogen-bond acceptors (Lipinski definition) is 4. The van der Waals surface area contributed by atoms with Gasteiger partial charge in [-0.15, -0.1) is 0 Å². The number of nitrogens with zero attached hydrogens (tertiary/aromatic N) is 3. The number of hydrogen-bond donors (Lipinski definition) is 0. The molecule has 1 fully saturated rings. The van der Waals surface area contributed by atoms with Crippen molar-refractivity contribution in [1.29, 1.82) is 5.26 Å². The van der Waals surface area contributed by atoms with E-state index in [1.165, 1.54) is 5.69 Å². The summed E-state index contributed by atoms with van der Waals surface area (Å²) >= 11 is 0. The summed E-state index contributed by atoms with van der Waals surface area (Å²) in [5, 5.41) is 8.97. The third-order valence-electron chi connectivity index (χ3n) is 4.31. The summed E-state index contributed by atoms with van der Waals surface area (Å²) < 4.78 is 5.51. The van der Waals surface area contributed by atoms with Crippen molar-refractivity contribution < 1.29 is 4.42 Å². The van der Waals surface area contributed by atoms with Gasteiger partial charge >= 0.3 is 0 Å². The Hall–Kier alpha value is -2.02. The predicted molar refractivity (Wildman–Crippen MR) is 78.5 cm³/mol. The summed E-state index contributed by atoms with van der Waals surface area (Å²) in [7, 11) is 2.13. The zero-order valence-corrected chi connectivity index (χ0v) is 12.0. The first-order chi connectivity index (χ1) is 9.67. The van der Waals surface area contributed by atoms with Gasteiger partial charge < -0.3 is 9.32 Å². The Morgan fingerprint density at radius 3 is 2.75 bits per heavy atom. The molecule has 0 N–H and O–H groups in total. The molecule has 0 aliphatic heterocycles. The molecule has 4 nitrogen and oxygen atoms in total. The predicted octanol–water partition coefficient (Wildman–Crippen LogP) is 3.65. The number of benzene rings is 1. The molecule has 1 aromatic carbocycles. The summed E-state index contributed by atoms with van der Waals surface area (Å²) in [6.45, 7) is 1.87. The van der Waals surface area contributed by atoms with Gasteiger partial charge in [0, 0.05) is 31.6 Å². The molecule has 0 saturated heterocycles. The minimum atomic E-state index is 0.250. The van der Waals surface area contributed by atoms with E-state index in [-0.39, 0.29) is 5.92 Å². The van der Waals surface area contributed by atoms with E-state index >= 15 is 0 Å². The fourth-order valence-electron chi connectivity index (χ4n) is 3.05. The second-order valence-electron chi connectivity index (χ2n) is 5.63. The Morgan fingerprint density at radius 1 is 1.30 bits per heavy atom. The lowest BCUT2D eigenvalue weighted by atomic mass is 9.86. The van der Waals surface area contributed by atoms with Crippen molar-refractivity contribution in [2.75, 3.05) is 11.9 Å². The van der Waals surface area contributed by atoms with Crippen LogP contribution in [0, 0.1) is 24.2 Å². The zero-order valence-electron chi connectivity index (χ0n) is 12.0. The molecule has 1 aliphatic rings. The Morgan fingerprint density at radius 2 is 2.05 bits per heavy atom. The van der Waals surface area contributed by atoms with Gasteiger partial charge in [0.1, 0.15) is 5.52 Å². The van der Waals surface area contributed by atoms with Crippen molar-refractivity contribution in [3.8, 4) is 6.07 Å². The van der Waals surface area contributed by atoms with Crippen LogP contribution in [-0.4, -0.2) is 18.1 Å². The first-order valence-electron chi connectivity index (χ1n) is 7.17. The van der Waals surface area contributed by atoms with Crippen LogP contribution < -0.4 is 4.90 Å². The highest BCUT2D eigenvalue weighted by Gasteiger charge is 2.24. The van der Waals surface area contributed by atoms with Crippen LogP contribution in [0.1, 0.15) is 31.6 Å². The van der Waals surface area contributed by atoms with E-state index in [4.69, 9.17) is 9.68 Å². The number of nitriles is 1. The van der Waals surface area contributed by atoms with Crippen molar-refractivity contribution in [3.63, 3.8) is 0 Å². The average Bonchev–Trinajstić information content (AvgIpc) is 2.85. The molecule has 0 bridgehead atoms.